The number of benzene rings is 1. The second-order valence-corrected chi connectivity index (χ2v) is 8.12. The Balaban J connectivity index is 1.24. The Kier molecular flexibility index (Phi) is 6.29. The van der Waals surface area contributed by atoms with E-state index in [1.165, 1.54) is 6.54 Å². The second-order valence-electron chi connectivity index (χ2n) is 7.73. The van der Waals surface area contributed by atoms with Crippen LogP contribution in [0.2, 0.25) is 0 Å². The summed E-state index contributed by atoms with van der Waals surface area (Å²) in [4.78, 5) is 19.2. The van der Waals surface area contributed by atoms with Gasteiger partial charge in [-0.1, -0.05) is 12.1 Å². The van der Waals surface area contributed by atoms with Crippen molar-refractivity contribution in [2.45, 2.75) is 25.3 Å². The van der Waals surface area contributed by atoms with Crippen LogP contribution in [-0.2, 0) is 4.74 Å². The number of para-hydroxylation sites is 2. The van der Waals surface area contributed by atoms with Gasteiger partial charge in [0.25, 0.3) is 0 Å². The standard InChI is InChI=1S/C20H29N5O2S/c26-19-22-17-4-1-2-5-18(17)25(19)16-6-10-24(11-7-16)20(28)21-8-3-9-23-12-14-27-15-13-23/h1-2,4-5,16H,3,6-15H2,(H,21,28)(H,22,26)/p+1. The summed E-state index contributed by atoms with van der Waals surface area (Å²) in [6.07, 6.45) is 2.99. The molecule has 2 aromatic rings. The van der Waals surface area contributed by atoms with E-state index in [1.807, 2.05) is 28.8 Å². The highest BCUT2D eigenvalue weighted by molar-refractivity contribution is 7.80. The number of hydrogen-bond donors (Lipinski definition) is 3. The summed E-state index contributed by atoms with van der Waals surface area (Å²) in [5.74, 6) is 0. The molecule has 0 aliphatic carbocycles. The third-order valence-electron chi connectivity index (χ3n) is 5.92. The molecule has 0 bridgehead atoms. The van der Waals surface area contributed by atoms with E-state index in [1.54, 1.807) is 4.90 Å². The Morgan fingerprint density at radius 2 is 2.00 bits per heavy atom. The second kappa shape index (κ2) is 9.07. The van der Waals surface area contributed by atoms with Gasteiger partial charge in [0.05, 0.1) is 30.8 Å². The van der Waals surface area contributed by atoms with E-state index in [9.17, 15) is 4.79 Å². The number of morpholine rings is 1. The number of H-pyrrole nitrogens is 1. The molecule has 4 rings (SSSR count). The van der Waals surface area contributed by atoms with Gasteiger partial charge in [0, 0.05) is 32.1 Å². The molecule has 2 saturated heterocycles. The first-order valence-electron chi connectivity index (χ1n) is 10.4. The van der Waals surface area contributed by atoms with E-state index in [2.05, 4.69) is 15.2 Å². The number of nitrogens with zero attached hydrogens (tertiary/aromatic N) is 2. The highest BCUT2D eigenvalue weighted by Crippen LogP contribution is 2.24. The molecule has 0 atom stereocenters. The number of piperidine rings is 1. The number of thiocarbonyl (C=S) groups is 1. The summed E-state index contributed by atoms with van der Waals surface area (Å²) in [5, 5.41) is 4.27. The summed E-state index contributed by atoms with van der Waals surface area (Å²) < 4.78 is 7.33. The lowest BCUT2D eigenvalue weighted by Gasteiger charge is -2.34. The van der Waals surface area contributed by atoms with Crippen molar-refractivity contribution in [2.75, 3.05) is 52.5 Å². The lowest BCUT2D eigenvalue weighted by molar-refractivity contribution is -0.908. The van der Waals surface area contributed by atoms with Crippen LogP contribution in [0, 0.1) is 0 Å². The number of rotatable bonds is 5. The molecular weight excluding hydrogens is 374 g/mol. The summed E-state index contributed by atoms with van der Waals surface area (Å²) >= 11 is 5.60. The minimum atomic E-state index is -0.00837. The lowest BCUT2D eigenvalue weighted by atomic mass is 10.0. The van der Waals surface area contributed by atoms with Gasteiger partial charge in [-0.3, -0.25) is 4.57 Å². The molecule has 0 unspecified atom stereocenters. The molecule has 2 aliphatic heterocycles. The van der Waals surface area contributed by atoms with Crippen LogP contribution in [0.5, 0.6) is 0 Å². The Hall–Kier alpha value is -1.90. The fourth-order valence-corrected chi connectivity index (χ4v) is 4.60. The molecule has 3 heterocycles. The molecule has 8 heteroatoms. The quantitative estimate of drug-likeness (QED) is 0.489. The average molecular weight is 405 g/mol. The fourth-order valence-electron chi connectivity index (χ4n) is 4.32. The maximum atomic E-state index is 12.4. The lowest BCUT2D eigenvalue weighted by Crippen LogP contribution is -3.14. The number of quaternary nitrogens is 1. The zero-order chi connectivity index (χ0) is 19.3. The predicted octanol–water partition coefficient (Wildman–Crippen LogP) is 0.146. The van der Waals surface area contributed by atoms with Crippen molar-refractivity contribution in [3.63, 3.8) is 0 Å². The molecule has 7 nitrogen and oxygen atoms in total. The van der Waals surface area contributed by atoms with Gasteiger partial charge in [0.15, 0.2) is 5.11 Å². The predicted molar refractivity (Wildman–Crippen MR) is 114 cm³/mol. The first kappa shape index (κ1) is 19.4. The van der Waals surface area contributed by atoms with E-state index in [0.717, 1.165) is 81.3 Å². The monoisotopic (exact) mass is 404 g/mol. The van der Waals surface area contributed by atoms with Crippen LogP contribution in [0.3, 0.4) is 0 Å². The maximum absolute atomic E-state index is 12.4. The van der Waals surface area contributed by atoms with Gasteiger partial charge in [0.2, 0.25) is 0 Å². The normalized spacial score (nSPS) is 19.2. The Bertz CT molecular complexity index is 850. The van der Waals surface area contributed by atoms with Crippen LogP contribution >= 0.6 is 12.2 Å². The van der Waals surface area contributed by atoms with Crippen LogP contribution < -0.4 is 15.9 Å². The van der Waals surface area contributed by atoms with Crippen LogP contribution in [0.4, 0.5) is 0 Å². The summed E-state index contributed by atoms with van der Waals surface area (Å²) in [6.45, 7) is 7.87. The number of likely N-dealkylation sites (tertiary alicyclic amines) is 1. The molecule has 0 radical (unpaired) electrons. The number of nitrogens with one attached hydrogen (secondary N) is 3. The summed E-state index contributed by atoms with van der Waals surface area (Å²) in [5.41, 5.74) is 1.90. The van der Waals surface area contributed by atoms with Crippen LogP contribution in [0.1, 0.15) is 25.3 Å². The number of aromatic amines is 1. The molecule has 2 aliphatic rings. The van der Waals surface area contributed by atoms with Crippen molar-refractivity contribution in [3.8, 4) is 0 Å². The van der Waals surface area contributed by atoms with Gasteiger partial charge in [-0.15, -0.1) is 0 Å². The van der Waals surface area contributed by atoms with Gasteiger partial charge in [-0.25, -0.2) is 4.79 Å². The largest absolute Gasteiger partial charge is 0.370 e. The molecule has 1 aromatic carbocycles. The molecule has 3 N–H and O–H groups in total. The van der Waals surface area contributed by atoms with E-state index in [0.29, 0.717) is 0 Å². The number of imidazole rings is 1. The van der Waals surface area contributed by atoms with E-state index in [4.69, 9.17) is 17.0 Å². The third kappa shape index (κ3) is 4.39. The first-order chi connectivity index (χ1) is 13.7. The molecule has 152 valence electrons. The Labute approximate surface area is 170 Å². The zero-order valence-corrected chi connectivity index (χ0v) is 17.1. The number of ether oxygens (including phenoxy) is 1. The van der Waals surface area contributed by atoms with Crippen LogP contribution in [-0.4, -0.2) is 72.0 Å². The zero-order valence-electron chi connectivity index (χ0n) is 16.3. The molecule has 2 fully saturated rings. The van der Waals surface area contributed by atoms with Crippen molar-refractivity contribution in [1.82, 2.24) is 19.8 Å². The van der Waals surface area contributed by atoms with Crippen molar-refractivity contribution in [1.29, 1.82) is 0 Å². The molecule has 0 spiro atoms. The maximum Gasteiger partial charge on any atom is 0.326 e. The SMILES string of the molecule is O=c1[nH]c2ccccc2n1C1CCN(C(=S)NCCC[NH+]2CCOCC2)CC1. The van der Waals surface area contributed by atoms with Gasteiger partial charge in [-0.2, -0.15) is 0 Å². The number of hydrogen-bond acceptors (Lipinski definition) is 3. The smallest absolute Gasteiger partial charge is 0.326 e. The highest BCUT2D eigenvalue weighted by atomic mass is 32.1. The molecule has 0 amide bonds. The summed E-state index contributed by atoms with van der Waals surface area (Å²) in [6, 6.07) is 8.14. The first-order valence-corrected chi connectivity index (χ1v) is 10.8. The minimum Gasteiger partial charge on any atom is -0.370 e. The van der Waals surface area contributed by atoms with Crippen molar-refractivity contribution >= 4 is 28.4 Å². The van der Waals surface area contributed by atoms with Crippen molar-refractivity contribution in [2.24, 2.45) is 0 Å². The van der Waals surface area contributed by atoms with E-state index >= 15 is 0 Å². The Morgan fingerprint density at radius 1 is 1.25 bits per heavy atom. The van der Waals surface area contributed by atoms with E-state index < -0.39 is 0 Å². The van der Waals surface area contributed by atoms with Gasteiger partial charge in [-0.05, 0) is 37.2 Å². The molecule has 1 aromatic heterocycles. The molecular formula is C20H30N5O2S+. The van der Waals surface area contributed by atoms with Crippen LogP contribution in [0.15, 0.2) is 29.1 Å². The van der Waals surface area contributed by atoms with Gasteiger partial charge < -0.3 is 24.8 Å². The molecule has 0 saturated carbocycles. The summed E-state index contributed by atoms with van der Waals surface area (Å²) in [7, 11) is 0. The van der Waals surface area contributed by atoms with Gasteiger partial charge in [0.1, 0.15) is 13.1 Å². The topological polar surface area (TPSA) is 66.7 Å². The number of aromatic nitrogens is 2. The van der Waals surface area contributed by atoms with Gasteiger partial charge >= 0.3 is 5.69 Å². The highest BCUT2D eigenvalue weighted by Gasteiger charge is 2.24. The average Bonchev–Trinajstić information content (AvgIpc) is 3.07. The fraction of sp³-hybridized carbons (Fsp3) is 0.600. The van der Waals surface area contributed by atoms with Crippen molar-refractivity contribution < 1.29 is 9.64 Å². The Morgan fingerprint density at radius 3 is 2.79 bits per heavy atom. The van der Waals surface area contributed by atoms with E-state index in [-0.39, 0.29) is 11.7 Å². The minimum absolute atomic E-state index is 0.00837. The third-order valence-corrected chi connectivity index (χ3v) is 6.33. The molecule has 28 heavy (non-hydrogen) atoms. The number of fused-ring (bicyclic) bond motifs is 1. The van der Waals surface area contributed by atoms with Crippen molar-refractivity contribution in [3.05, 3.63) is 34.7 Å². The van der Waals surface area contributed by atoms with Crippen LogP contribution in [0.25, 0.3) is 11.0 Å².